The summed E-state index contributed by atoms with van der Waals surface area (Å²) in [6.45, 7) is 2.88. The number of rotatable bonds is 1. The predicted octanol–water partition coefficient (Wildman–Crippen LogP) is -1.38. The number of carbonyl (C=O) groups is 1. The lowest BCUT2D eigenvalue weighted by atomic mass is 10.1. The first-order chi connectivity index (χ1) is 5.61. The van der Waals surface area contributed by atoms with Crippen LogP contribution in [-0.4, -0.2) is 30.1 Å². The molecule has 0 bridgehead atoms. The Bertz CT molecular complexity index is 215. The van der Waals surface area contributed by atoms with Crippen molar-refractivity contribution in [2.24, 2.45) is 22.5 Å². The molecule has 0 unspecified atom stereocenters. The Kier molecular flexibility index (Phi) is 4.50. The molecule has 1 atom stereocenters. The van der Waals surface area contributed by atoms with Gasteiger partial charge in [0.15, 0.2) is 0 Å². The van der Waals surface area contributed by atoms with Crippen LogP contribution in [-0.2, 0) is 4.79 Å². The minimum Gasteiger partial charge on any atom is -0.369 e. The first-order valence-corrected chi connectivity index (χ1v) is 3.73. The van der Waals surface area contributed by atoms with E-state index in [0.717, 1.165) is 0 Å². The van der Waals surface area contributed by atoms with Crippen molar-refractivity contribution in [2.75, 3.05) is 13.2 Å². The Balaban J connectivity index is 0.00000144. The predicted molar refractivity (Wildman–Crippen MR) is 51.9 cm³/mol. The number of hydrogen-bond donors (Lipinski definition) is 3. The topological polar surface area (TPSA) is 96.7 Å². The number of guanidine groups is 1. The summed E-state index contributed by atoms with van der Waals surface area (Å²) in [7, 11) is 0. The van der Waals surface area contributed by atoms with Gasteiger partial charge in [-0.25, -0.2) is 5.01 Å². The van der Waals surface area contributed by atoms with Crippen LogP contribution in [0.15, 0.2) is 5.10 Å². The summed E-state index contributed by atoms with van der Waals surface area (Å²) in [6, 6.07) is 0. The number of nitrogens with one attached hydrogen (secondary N) is 1. The molecule has 1 fully saturated rings. The molecule has 7 heteroatoms. The second-order valence-electron chi connectivity index (χ2n) is 2.78. The van der Waals surface area contributed by atoms with Crippen molar-refractivity contribution < 1.29 is 4.79 Å². The van der Waals surface area contributed by atoms with Gasteiger partial charge in [0.25, 0.3) is 0 Å². The molecule has 0 radical (unpaired) electrons. The van der Waals surface area contributed by atoms with E-state index in [9.17, 15) is 4.79 Å². The van der Waals surface area contributed by atoms with E-state index < -0.39 is 0 Å². The Labute approximate surface area is 82.7 Å². The number of hydrazone groups is 1. The maximum Gasteiger partial charge on any atom is 0.248 e. The Morgan fingerprint density at radius 3 is 2.85 bits per heavy atom. The summed E-state index contributed by atoms with van der Waals surface area (Å²) in [6.07, 6.45) is 0. The van der Waals surface area contributed by atoms with Gasteiger partial charge in [-0.05, 0) is 0 Å². The standard InChI is InChI=1S/C6H13N5O.ClH/c1-4-2-9-3-11(5(4)12)10-6(7)8;/h4,9H,2-3H2,1H3,(H4,7,8,10);1H/t4-;/m0./s1. The summed E-state index contributed by atoms with van der Waals surface area (Å²) in [5, 5.41) is 7.91. The van der Waals surface area contributed by atoms with Crippen LogP contribution in [0.5, 0.6) is 0 Å². The zero-order chi connectivity index (χ0) is 9.14. The summed E-state index contributed by atoms with van der Waals surface area (Å²) in [5.41, 5.74) is 10.3. The minimum atomic E-state index is -0.0979. The third kappa shape index (κ3) is 3.08. The lowest BCUT2D eigenvalue weighted by Crippen LogP contribution is -2.49. The van der Waals surface area contributed by atoms with Crippen molar-refractivity contribution in [3.8, 4) is 0 Å². The van der Waals surface area contributed by atoms with E-state index in [2.05, 4.69) is 10.4 Å². The van der Waals surface area contributed by atoms with E-state index in [1.54, 1.807) is 0 Å². The molecule has 6 nitrogen and oxygen atoms in total. The summed E-state index contributed by atoms with van der Waals surface area (Å²) < 4.78 is 0. The fourth-order valence-corrected chi connectivity index (χ4v) is 1.03. The molecule has 0 aromatic carbocycles. The third-order valence-corrected chi connectivity index (χ3v) is 1.62. The van der Waals surface area contributed by atoms with Gasteiger partial charge < -0.3 is 11.5 Å². The molecule has 1 amide bonds. The maximum absolute atomic E-state index is 11.3. The van der Waals surface area contributed by atoms with Crippen molar-refractivity contribution in [1.82, 2.24) is 10.3 Å². The number of nitrogens with two attached hydrogens (primary N) is 2. The second kappa shape index (κ2) is 4.88. The molecular weight excluding hydrogens is 194 g/mol. The first kappa shape index (κ1) is 12.0. The van der Waals surface area contributed by atoms with Crippen molar-refractivity contribution in [2.45, 2.75) is 6.92 Å². The van der Waals surface area contributed by atoms with Crippen molar-refractivity contribution in [3.05, 3.63) is 0 Å². The van der Waals surface area contributed by atoms with Gasteiger partial charge in [-0.3, -0.25) is 10.1 Å². The Hall–Kier alpha value is -1.01. The molecule has 0 aliphatic carbocycles. The molecular formula is C6H14ClN5O. The van der Waals surface area contributed by atoms with Crippen LogP contribution in [0.1, 0.15) is 6.92 Å². The number of nitrogens with zero attached hydrogens (tertiary/aromatic N) is 2. The average Bonchev–Trinajstić information content (AvgIpc) is 1.98. The van der Waals surface area contributed by atoms with E-state index in [4.69, 9.17) is 11.5 Å². The van der Waals surface area contributed by atoms with Gasteiger partial charge in [0, 0.05) is 12.5 Å². The zero-order valence-corrected chi connectivity index (χ0v) is 8.17. The van der Waals surface area contributed by atoms with Gasteiger partial charge in [0.05, 0.1) is 6.67 Å². The largest absolute Gasteiger partial charge is 0.369 e. The molecule has 1 aliphatic heterocycles. The van der Waals surface area contributed by atoms with E-state index >= 15 is 0 Å². The molecule has 1 saturated heterocycles. The van der Waals surface area contributed by atoms with Gasteiger partial charge in [0.2, 0.25) is 11.9 Å². The molecule has 0 saturated carbocycles. The molecule has 1 aliphatic rings. The Morgan fingerprint density at radius 2 is 2.31 bits per heavy atom. The van der Waals surface area contributed by atoms with Crippen LogP contribution in [0, 0.1) is 5.92 Å². The van der Waals surface area contributed by atoms with Gasteiger partial charge in [0.1, 0.15) is 0 Å². The normalized spacial score (nSPS) is 22.1. The van der Waals surface area contributed by atoms with Crippen molar-refractivity contribution in [1.29, 1.82) is 0 Å². The molecule has 1 rings (SSSR count). The summed E-state index contributed by atoms with van der Waals surface area (Å²) in [4.78, 5) is 11.3. The van der Waals surface area contributed by atoms with Crippen LogP contribution in [0.3, 0.4) is 0 Å². The lowest BCUT2D eigenvalue weighted by molar-refractivity contribution is -0.137. The molecule has 0 spiro atoms. The van der Waals surface area contributed by atoms with Gasteiger partial charge in [-0.15, -0.1) is 17.5 Å². The fraction of sp³-hybridized carbons (Fsp3) is 0.667. The monoisotopic (exact) mass is 207 g/mol. The van der Waals surface area contributed by atoms with Crippen LogP contribution in [0.4, 0.5) is 0 Å². The minimum absolute atomic E-state index is 0. The molecule has 0 aromatic heterocycles. The SMILES string of the molecule is C[C@H]1CNCN(N=C(N)N)C1=O.Cl. The highest BCUT2D eigenvalue weighted by molar-refractivity contribution is 5.85. The number of amides is 1. The maximum atomic E-state index is 11.3. The molecule has 5 N–H and O–H groups in total. The number of carbonyl (C=O) groups excluding carboxylic acids is 1. The number of hydrogen-bond acceptors (Lipinski definition) is 3. The zero-order valence-electron chi connectivity index (χ0n) is 7.36. The summed E-state index contributed by atoms with van der Waals surface area (Å²) >= 11 is 0. The quantitative estimate of drug-likeness (QED) is 0.365. The average molecular weight is 208 g/mol. The fourth-order valence-electron chi connectivity index (χ4n) is 1.03. The number of halogens is 1. The van der Waals surface area contributed by atoms with Gasteiger partial charge in [-0.1, -0.05) is 6.92 Å². The summed E-state index contributed by atoms with van der Waals surface area (Å²) in [5.74, 6) is -0.219. The van der Waals surface area contributed by atoms with Crippen molar-refractivity contribution in [3.63, 3.8) is 0 Å². The van der Waals surface area contributed by atoms with E-state index in [0.29, 0.717) is 13.2 Å². The third-order valence-electron chi connectivity index (χ3n) is 1.62. The molecule has 76 valence electrons. The molecule has 1 heterocycles. The van der Waals surface area contributed by atoms with E-state index in [1.807, 2.05) is 6.92 Å². The molecule has 0 aromatic rings. The molecule has 13 heavy (non-hydrogen) atoms. The van der Waals surface area contributed by atoms with Gasteiger partial charge in [-0.2, -0.15) is 0 Å². The van der Waals surface area contributed by atoms with Crippen LogP contribution >= 0.6 is 12.4 Å². The highest BCUT2D eigenvalue weighted by Crippen LogP contribution is 2.05. The highest BCUT2D eigenvalue weighted by atomic mass is 35.5. The van der Waals surface area contributed by atoms with Crippen LogP contribution in [0.25, 0.3) is 0 Å². The smallest absolute Gasteiger partial charge is 0.248 e. The van der Waals surface area contributed by atoms with E-state index in [-0.39, 0.29) is 30.2 Å². The van der Waals surface area contributed by atoms with Crippen LogP contribution in [0.2, 0.25) is 0 Å². The van der Waals surface area contributed by atoms with Crippen molar-refractivity contribution >= 4 is 24.3 Å². The second-order valence-corrected chi connectivity index (χ2v) is 2.78. The highest BCUT2D eigenvalue weighted by Gasteiger charge is 2.24. The lowest BCUT2D eigenvalue weighted by Gasteiger charge is -2.26. The van der Waals surface area contributed by atoms with Crippen LogP contribution < -0.4 is 16.8 Å². The van der Waals surface area contributed by atoms with E-state index in [1.165, 1.54) is 5.01 Å². The first-order valence-electron chi connectivity index (χ1n) is 3.73. The van der Waals surface area contributed by atoms with Gasteiger partial charge >= 0.3 is 0 Å². The Morgan fingerprint density at radius 1 is 1.69 bits per heavy atom.